The molecule has 0 saturated carbocycles. The molecule has 33 heavy (non-hydrogen) atoms. The van der Waals surface area contributed by atoms with Gasteiger partial charge < -0.3 is 19.3 Å². The molecule has 0 atom stereocenters. The zero-order valence-corrected chi connectivity index (χ0v) is 19.9. The van der Waals surface area contributed by atoms with Gasteiger partial charge in [0.2, 0.25) is 0 Å². The Hall–Kier alpha value is -3.61. The molecule has 4 rings (SSSR count). The van der Waals surface area contributed by atoms with Crippen LogP contribution in [0.15, 0.2) is 42.5 Å². The highest BCUT2D eigenvalue weighted by Gasteiger charge is 2.25. The second kappa shape index (κ2) is 9.48. The summed E-state index contributed by atoms with van der Waals surface area (Å²) in [5.74, 6) is 1.96. The monoisotopic (exact) mass is 446 g/mol. The van der Waals surface area contributed by atoms with Crippen LogP contribution in [-0.4, -0.2) is 61.4 Å². The van der Waals surface area contributed by atoms with Crippen molar-refractivity contribution < 1.29 is 14.3 Å². The summed E-state index contributed by atoms with van der Waals surface area (Å²) in [6.07, 6.45) is 0. The topological polar surface area (TPSA) is 67.8 Å². The molecule has 7 heteroatoms. The standard InChI is InChI=1S/C26H30N4O3/c1-17-14-19(3)22(15-18(17)2)23-8-9-25(28-27-23)29-10-12-30(13-11-29)26(31)21-7-6-20(32-4)16-24(21)33-5/h6-9,14-16H,10-13H2,1-5H3. The van der Waals surface area contributed by atoms with E-state index in [1.165, 1.54) is 16.7 Å². The van der Waals surface area contributed by atoms with E-state index in [0.29, 0.717) is 43.2 Å². The Morgan fingerprint density at radius 2 is 1.55 bits per heavy atom. The highest BCUT2D eigenvalue weighted by atomic mass is 16.5. The van der Waals surface area contributed by atoms with Crippen LogP contribution in [0.2, 0.25) is 0 Å². The summed E-state index contributed by atoms with van der Waals surface area (Å²) >= 11 is 0. The van der Waals surface area contributed by atoms with E-state index in [1.54, 1.807) is 32.4 Å². The minimum atomic E-state index is -0.0409. The normalized spacial score (nSPS) is 13.7. The molecule has 7 nitrogen and oxygen atoms in total. The molecule has 2 aromatic carbocycles. The first kappa shape index (κ1) is 22.6. The first-order valence-corrected chi connectivity index (χ1v) is 11.1. The van der Waals surface area contributed by atoms with Crippen LogP contribution in [0.3, 0.4) is 0 Å². The van der Waals surface area contributed by atoms with Crippen LogP contribution in [-0.2, 0) is 0 Å². The minimum Gasteiger partial charge on any atom is -0.497 e. The predicted molar refractivity (Wildman–Crippen MR) is 129 cm³/mol. The van der Waals surface area contributed by atoms with Crippen LogP contribution in [0.5, 0.6) is 11.5 Å². The zero-order valence-electron chi connectivity index (χ0n) is 19.9. The summed E-state index contributed by atoms with van der Waals surface area (Å²) < 4.78 is 10.6. The number of hydrogen-bond acceptors (Lipinski definition) is 6. The number of ether oxygens (including phenoxy) is 2. The fourth-order valence-electron chi connectivity index (χ4n) is 4.16. The second-order valence-electron chi connectivity index (χ2n) is 8.37. The molecule has 0 radical (unpaired) electrons. The van der Waals surface area contributed by atoms with Crippen LogP contribution in [0.25, 0.3) is 11.3 Å². The Morgan fingerprint density at radius 1 is 0.818 bits per heavy atom. The average molecular weight is 447 g/mol. The third kappa shape index (κ3) is 4.62. The largest absolute Gasteiger partial charge is 0.497 e. The maximum absolute atomic E-state index is 13.1. The van der Waals surface area contributed by atoms with Gasteiger partial charge in [0.25, 0.3) is 5.91 Å². The van der Waals surface area contributed by atoms with Gasteiger partial charge >= 0.3 is 0 Å². The van der Waals surface area contributed by atoms with Gasteiger partial charge in [-0.2, -0.15) is 0 Å². The minimum absolute atomic E-state index is 0.0409. The molecule has 0 aliphatic carbocycles. The van der Waals surface area contributed by atoms with E-state index in [-0.39, 0.29) is 5.91 Å². The lowest BCUT2D eigenvalue weighted by Gasteiger charge is -2.35. The number of aryl methyl sites for hydroxylation is 3. The van der Waals surface area contributed by atoms with Gasteiger partial charge in [-0.3, -0.25) is 4.79 Å². The number of aromatic nitrogens is 2. The van der Waals surface area contributed by atoms with Crippen LogP contribution in [0, 0.1) is 20.8 Å². The fourth-order valence-corrected chi connectivity index (χ4v) is 4.16. The quantitative estimate of drug-likeness (QED) is 0.589. The van der Waals surface area contributed by atoms with Crippen molar-refractivity contribution in [3.8, 4) is 22.8 Å². The van der Waals surface area contributed by atoms with Gasteiger partial charge in [-0.1, -0.05) is 6.07 Å². The van der Waals surface area contributed by atoms with Crippen molar-refractivity contribution in [2.75, 3.05) is 45.3 Å². The third-order valence-electron chi connectivity index (χ3n) is 6.30. The van der Waals surface area contributed by atoms with Crippen molar-refractivity contribution in [2.24, 2.45) is 0 Å². The number of piperazine rings is 1. The van der Waals surface area contributed by atoms with Gasteiger partial charge in [-0.05, 0) is 67.8 Å². The molecule has 0 bridgehead atoms. The molecule has 1 aromatic heterocycles. The number of anilines is 1. The molecular weight excluding hydrogens is 416 g/mol. The van der Waals surface area contributed by atoms with Crippen molar-refractivity contribution in [2.45, 2.75) is 20.8 Å². The van der Waals surface area contributed by atoms with E-state index in [9.17, 15) is 4.79 Å². The van der Waals surface area contributed by atoms with Crippen LogP contribution >= 0.6 is 0 Å². The van der Waals surface area contributed by atoms with Crippen molar-refractivity contribution in [1.82, 2.24) is 15.1 Å². The van der Waals surface area contributed by atoms with Crippen molar-refractivity contribution >= 4 is 11.7 Å². The zero-order chi connectivity index (χ0) is 23.5. The van der Waals surface area contributed by atoms with Gasteiger partial charge in [-0.15, -0.1) is 10.2 Å². The van der Waals surface area contributed by atoms with Crippen LogP contribution < -0.4 is 14.4 Å². The fraction of sp³-hybridized carbons (Fsp3) is 0.346. The number of methoxy groups -OCH3 is 2. The summed E-state index contributed by atoms with van der Waals surface area (Å²) in [4.78, 5) is 17.1. The Labute approximate surface area is 195 Å². The number of carbonyl (C=O) groups excluding carboxylic acids is 1. The maximum Gasteiger partial charge on any atom is 0.257 e. The van der Waals surface area contributed by atoms with E-state index in [1.807, 2.05) is 17.0 Å². The first-order chi connectivity index (χ1) is 15.9. The van der Waals surface area contributed by atoms with Gasteiger partial charge in [0.1, 0.15) is 11.5 Å². The molecule has 1 saturated heterocycles. The SMILES string of the molecule is COc1ccc(C(=O)N2CCN(c3ccc(-c4cc(C)c(C)cc4C)nn3)CC2)c(OC)c1. The maximum atomic E-state index is 13.1. The van der Waals surface area contributed by atoms with E-state index >= 15 is 0 Å². The highest BCUT2D eigenvalue weighted by molar-refractivity contribution is 5.97. The number of hydrogen-bond donors (Lipinski definition) is 0. The second-order valence-corrected chi connectivity index (χ2v) is 8.37. The molecule has 1 aliphatic heterocycles. The van der Waals surface area contributed by atoms with Crippen LogP contribution in [0.4, 0.5) is 5.82 Å². The average Bonchev–Trinajstić information content (AvgIpc) is 2.85. The lowest BCUT2D eigenvalue weighted by Crippen LogP contribution is -2.49. The molecule has 1 fully saturated rings. The number of carbonyl (C=O) groups is 1. The van der Waals surface area contributed by atoms with Crippen LogP contribution in [0.1, 0.15) is 27.0 Å². The van der Waals surface area contributed by atoms with Gasteiger partial charge in [0, 0.05) is 37.8 Å². The van der Waals surface area contributed by atoms with Gasteiger partial charge in [0.15, 0.2) is 5.82 Å². The van der Waals surface area contributed by atoms with Gasteiger partial charge in [-0.25, -0.2) is 0 Å². The predicted octanol–water partition coefficient (Wildman–Crippen LogP) is 4.05. The Bertz CT molecular complexity index is 1150. The molecule has 0 spiro atoms. The van der Waals surface area contributed by atoms with E-state index in [2.05, 4.69) is 48.0 Å². The summed E-state index contributed by atoms with van der Waals surface area (Å²) in [6, 6.07) is 13.7. The van der Waals surface area contributed by atoms with Crippen molar-refractivity contribution in [3.63, 3.8) is 0 Å². The number of rotatable bonds is 5. The van der Waals surface area contributed by atoms with E-state index in [4.69, 9.17) is 9.47 Å². The molecule has 1 amide bonds. The van der Waals surface area contributed by atoms with E-state index in [0.717, 1.165) is 17.1 Å². The van der Waals surface area contributed by atoms with Crippen molar-refractivity contribution in [3.05, 3.63) is 64.7 Å². The van der Waals surface area contributed by atoms with E-state index < -0.39 is 0 Å². The molecule has 172 valence electrons. The van der Waals surface area contributed by atoms with Crippen molar-refractivity contribution in [1.29, 1.82) is 0 Å². The summed E-state index contributed by atoms with van der Waals surface area (Å²) in [5, 5.41) is 8.98. The first-order valence-electron chi connectivity index (χ1n) is 11.1. The number of amides is 1. The molecular formula is C26H30N4O3. The Morgan fingerprint density at radius 3 is 2.18 bits per heavy atom. The summed E-state index contributed by atoms with van der Waals surface area (Å²) in [7, 11) is 3.15. The Balaban J connectivity index is 1.43. The highest BCUT2D eigenvalue weighted by Crippen LogP contribution is 2.28. The Kier molecular flexibility index (Phi) is 6.49. The molecule has 3 aromatic rings. The molecule has 2 heterocycles. The molecule has 1 aliphatic rings. The smallest absolute Gasteiger partial charge is 0.257 e. The number of benzene rings is 2. The molecule has 0 N–H and O–H groups in total. The summed E-state index contributed by atoms with van der Waals surface area (Å²) in [5.41, 5.74) is 6.25. The molecule has 0 unspecified atom stereocenters. The lowest BCUT2D eigenvalue weighted by atomic mass is 9.99. The number of nitrogens with zero attached hydrogens (tertiary/aromatic N) is 4. The lowest BCUT2D eigenvalue weighted by molar-refractivity contribution is 0.0743. The summed E-state index contributed by atoms with van der Waals surface area (Å²) in [6.45, 7) is 8.94. The van der Waals surface area contributed by atoms with Gasteiger partial charge in [0.05, 0.1) is 25.5 Å². The third-order valence-corrected chi connectivity index (χ3v) is 6.30.